The Bertz CT molecular complexity index is 352. The summed E-state index contributed by atoms with van der Waals surface area (Å²) in [6.07, 6.45) is 4.32. The molecule has 1 rings (SSSR count). The van der Waals surface area contributed by atoms with Crippen molar-refractivity contribution in [2.45, 2.75) is 38.8 Å². The normalized spacial score (nSPS) is 14.3. The number of rotatable bonds is 7. The van der Waals surface area contributed by atoms with Crippen molar-refractivity contribution in [1.82, 2.24) is 0 Å². The van der Waals surface area contributed by atoms with Gasteiger partial charge < -0.3 is 10.6 Å². The van der Waals surface area contributed by atoms with E-state index in [1.54, 1.807) is 0 Å². The van der Waals surface area contributed by atoms with Crippen LogP contribution < -0.4 is 10.6 Å². The number of nitrogens with two attached hydrogens (primary N) is 1. The molecule has 0 saturated carbocycles. The summed E-state index contributed by atoms with van der Waals surface area (Å²) in [5, 5.41) is 0. The van der Waals surface area contributed by atoms with Crippen LogP contribution in [0.4, 0.5) is 5.69 Å². The Labute approximate surface area is 116 Å². The molecule has 102 valence electrons. The predicted molar refractivity (Wildman–Crippen MR) is 84.7 cm³/mol. The smallest absolute Gasteiger partial charge is 0.0399 e. The van der Waals surface area contributed by atoms with Gasteiger partial charge in [0.1, 0.15) is 0 Å². The van der Waals surface area contributed by atoms with E-state index in [0.717, 1.165) is 6.42 Å². The lowest BCUT2D eigenvalue weighted by molar-refractivity contribution is 0.661. The van der Waals surface area contributed by atoms with E-state index in [1.165, 1.54) is 23.4 Å². The van der Waals surface area contributed by atoms with Gasteiger partial charge in [-0.3, -0.25) is 0 Å². The van der Waals surface area contributed by atoms with Crippen molar-refractivity contribution in [2.75, 3.05) is 24.0 Å². The fourth-order valence-corrected chi connectivity index (χ4v) is 2.67. The summed E-state index contributed by atoms with van der Waals surface area (Å²) in [5.74, 6) is 1.21. The maximum Gasteiger partial charge on any atom is 0.0399 e. The molecule has 3 heteroatoms. The first kappa shape index (κ1) is 15.4. The first-order valence-corrected chi connectivity index (χ1v) is 8.01. The zero-order valence-corrected chi connectivity index (χ0v) is 12.8. The Kier molecular flexibility index (Phi) is 6.58. The summed E-state index contributed by atoms with van der Waals surface area (Å²) in [4.78, 5) is 2.38. The zero-order valence-electron chi connectivity index (χ0n) is 12.0. The highest BCUT2D eigenvalue weighted by molar-refractivity contribution is 7.98. The molecule has 0 aliphatic carbocycles. The number of hydrogen-bond donors (Lipinski definition) is 1. The average molecular weight is 266 g/mol. The topological polar surface area (TPSA) is 29.3 Å². The molecule has 18 heavy (non-hydrogen) atoms. The second-order valence-corrected chi connectivity index (χ2v) is 6.04. The SMILES string of the molecule is CSCCC(C)N(C)c1ccccc1CC(C)N. The third kappa shape index (κ3) is 4.54. The highest BCUT2D eigenvalue weighted by Gasteiger charge is 2.13. The van der Waals surface area contributed by atoms with Crippen molar-refractivity contribution >= 4 is 17.4 Å². The molecule has 0 fully saturated rings. The summed E-state index contributed by atoms with van der Waals surface area (Å²) >= 11 is 1.91. The van der Waals surface area contributed by atoms with Crippen LogP contribution in [0, 0.1) is 0 Å². The van der Waals surface area contributed by atoms with Crippen molar-refractivity contribution in [3.05, 3.63) is 29.8 Å². The van der Waals surface area contributed by atoms with Crippen LogP contribution in [0.15, 0.2) is 24.3 Å². The molecular formula is C15H26N2S. The molecule has 2 atom stereocenters. The number of para-hydroxylation sites is 1. The highest BCUT2D eigenvalue weighted by atomic mass is 32.2. The average Bonchev–Trinajstić information content (AvgIpc) is 2.35. The van der Waals surface area contributed by atoms with Gasteiger partial charge in [-0.2, -0.15) is 11.8 Å². The van der Waals surface area contributed by atoms with Crippen LogP contribution in [0.1, 0.15) is 25.8 Å². The van der Waals surface area contributed by atoms with E-state index in [2.05, 4.69) is 56.3 Å². The molecule has 0 saturated heterocycles. The first-order valence-electron chi connectivity index (χ1n) is 6.61. The number of thioether (sulfide) groups is 1. The summed E-state index contributed by atoms with van der Waals surface area (Å²) < 4.78 is 0. The monoisotopic (exact) mass is 266 g/mol. The van der Waals surface area contributed by atoms with Crippen molar-refractivity contribution in [3.8, 4) is 0 Å². The molecular weight excluding hydrogens is 240 g/mol. The van der Waals surface area contributed by atoms with E-state index in [4.69, 9.17) is 5.73 Å². The van der Waals surface area contributed by atoms with Crippen LogP contribution in [0.25, 0.3) is 0 Å². The Morgan fingerprint density at radius 2 is 1.94 bits per heavy atom. The molecule has 0 amide bonds. The van der Waals surface area contributed by atoms with Crippen molar-refractivity contribution in [2.24, 2.45) is 5.73 Å². The van der Waals surface area contributed by atoms with E-state index in [0.29, 0.717) is 6.04 Å². The predicted octanol–water partition coefficient (Wildman–Crippen LogP) is 3.15. The van der Waals surface area contributed by atoms with Crippen LogP contribution in [0.5, 0.6) is 0 Å². The van der Waals surface area contributed by atoms with Crippen LogP contribution in [-0.4, -0.2) is 31.1 Å². The van der Waals surface area contributed by atoms with Gasteiger partial charge in [0.25, 0.3) is 0 Å². The van der Waals surface area contributed by atoms with Crippen molar-refractivity contribution in [1.29, 1.82) is 0 Å². The Hall–Kier alpha value is -0.670. The van der Waals surface area contributed by atoms with Crippen LogP contribution in [0.3, 0.4) is 0 Å². The van der Waals surface area contributed by atoms with Crippen LogP contribution >= 0.6 is 11.8 Å². The number of hydrogen-bond acceptors (Lipinski definition) is 3. The zero-order chi connectivity index (χ0) is 13.5. The molecule has 0 aromatic heterocycles. The maximum absolute atomic E-state index is 5.93. The van der Waals surface area contributed by atoms with Gasteiger partial charge in [-0.15, -0.1) is 0 Å². The second-order valence-electron chi connectivity index (χ2n) is 5.05. The standard InChI is InChI=1S/C15H26N2S/c1-12(16)11-14-7-5-6-8-15(14)17(3)13(2)9-10-18-4/h5-8,12-13H,9-11,16H2,1-4H3. The first-order chi connectivity index (χ1) is 8.56. The van der Waals surface area contributed by atoms with E-state index in [-0.39, 0.29) is 6.04 Å². The molecule has 0 radical (unpaired) electrons. The Morgan fingerprint density at radius 1 is 1.28 bits per heavy atom. The minimum Gasteiger partial charge on any atom is -0.372 e. The van der Waals surface area contributed by atoms with Gasteiger partial charge in [-0.25, -0.2) is 0 Å². The van der Waals surface area contributed by atoms with Gasteiger partial charge in [0.15, 0.2) is 0 Å². The van der Waals surface area contributed by atoms with Gasteiger partial charge in [-0.1, -0.05) is 18.2 Å². The molecule has 0 heterocycles. The summed E-state index contributed by atoms with van der Waals surface area (Å²) in [5.41, 5.74) is 8.60. The lowest BCUT2D eigenvalue weighted by Crippen LogP contribution is -2.31. The summed E-state index contributed by atoms with van der Waals surface area (Å²) in [7, 11) is 2.19. The Morgan fingerprint density at radius 3 is 2.56 bits per heavy atom. The lowest BCUT2D eigenvalue weighted by atomic mass is 10.0. The van der Waals surface area contributed by atoms with Gasteiger partial charge in [-0.05, 0) is 50.3 Å². The number of anilines is 1. The summed E-state index contributed by atoms with van der Waals surface area (Å²) in [6.45, 7) is 4.35. The minimum absolute atomic E-state index is 0.209. The third-order valence-electron chi connectivity index (χ3n) is 3.31. The van der Waals surface area contributed by atoms with E-state index >= 15 is 0 Å². The Balaban J connectivity index is 2.80. The molecule has 0 aliphatic rings. The van der Waals surface area contributed by atoms with Gasteiger partial charge in [0.2, 0.25) is 0 Å². The molecule has 0 aliphatic heterocycles. The third-order valence-corrected chi connectivity index (χ3v) is 3.96. The molecule has 2 nitrogen and oxygen atoms in total. The molecule has 2 unspecified atom stereocenters. The number of benzene rings is 1. The van der Waals surface area contributed by atoms with Gasteiger partial charge in [0, 0.05) is 24.8 Å². The van der Waals surface area contributed by atoms with Gasteiger partial charge in [0.05, 0.1) is 0 Å². The fourth-order valence-electron chi connectivity index (χ4n) is 2.09. The van der Waals surface area contributed by atoms with Crippen LogP contribution in [0.2, 0.25) is 0 Å². The second kappa shape index (κ2) is 7.70. The molecule has 1 aromatic rings. The van der Waals surface area contributed by atoms with E-state index in [9.17, 15) is 0 Å². The highest BCUT2D eigenvalue weighted by Crippen LogP contribution is 2.23. The number of nitrogens with zero attached hydrogens (tertiary/aromatic N) is 1. The van der Waals surface area contributed by atoms with E-state index < -0.39 is 0 Å². The quantitative estimate of drug-likeness (QED) is 0.822. The molecule has 0 bridgehead atoms. The maximum atomic E-state index is 5.93. The minimum atomic E-state index is 0.209. The largest absolute Gasteiger partial charge is 0.372 e. The van der Waals surface area contributed by atoms with Crippen molar-refractivity contribution < 1.29 is 0 Å². The van der Waals surface area contributed by atoms with Crippen molar-refractivity contribution in [3.63, 3.8) is 0 Å². The fraction of sp³-hybridized carbons (Fsp3) is 0.600. The van der Waals surface area contributed by atoms with E-state index in [1.807, 2.05) is 11.8 Å². The van der Waals surface area contributed by atoms with Crippen LogP contribution in [-0.2, 0) is 6.42 Å². The molecule has 0 spiro atoms. The van der Waals surface area contributed by atoms with Gasteiger partial charge >= 0.3 is 0 Å². The molecule has 1 aromatic carbocycles. The molecule has 2 N–H and O–H groups in total. The lowest BCUT2D eigenvalue weighted by Gasteiger charge is -2.29. The summed E-state index contributed by atoms with van der Waals surface area (Å²) in [6, 6.07) is 9.37.